The number of carbonyl (C=O) groups excluding carboxylic acids is 2. The first-order chi connectivity index (χ1) is 16.8. The van der Waals surface area contributed by atoms with Crippen molar-refractivity contribution in [2.45, 2.75) is 25.7 Å². The van der Waals surface area contributed by atoms with Crippen LogP contribution in [0.15, 0.2) is 46.7 Å². The number of alkyl carbamates (subject to hydrolysis) is 1. The van der Waals surface area contributed by atoms with Crippen molar-refractivity contribution in [3.63, 3.8) is 0 Å². The van der Waals surface area contributed by atoms with Gasteiger partial charge in [0.1, 0.15) is 17.8 Å². The number of carbonyl (C=O) groups is 2. The van der Waals surface area contributed by atoms with E-state index >= 15 is 0 Å². The number of rotatable bonds is 5. The lowest BCUT2D eigenvalue weighted by Gasteiger charge is -2.19. The van der Waals surface area contributed by atoms with Gasteiger partial charge in [-0.3, -0.25) is 0 Å². The smallest absolute Gasteiger partial charge is 0.416 e. The van der Waals surface area contributed by atoms with Crippen LogP contribution in [0.5, 0.6) is 0 Å². The van der Waals surface area contributed by atoms with Crippen LogP contribution < -0.4 is 10.3 Å². The number of hydrogen-bond donors (Lipinski definition) is 1. The molecule has 2 rings (SSSR count). The zero-order valence-electron chi connectivity index (χ0n) is 18.1. The highest BCUT2D eigenvalue weighted by Crippen LogP contribution is 2.35. The number of nitriles is 2. The molecule has 15 heteroatoms. The summed E-state index contributed by atoms with van der Waals surface area (Å²) in [6.07, 6.45) is -10.7. The number of imide groups is 1. The average molecular weight is 512 g/mol. The number of alkyl halides is 6. The molecule has 188 valence electrons. The molecule has 0 bridgehead atoms. The van der Waals surface area contributed by atoms with Crippen LogP contribution >= 0.6 is 0 Å². The van der Waals surface area contributed by atoms with Crippen LogP contribution in [-0.2, 0) is 17.1 Å². The summed E-state index contributed by atoms with van der Waals surface area (Å²) in [5.74, 6) is 0. The van der Waals surface area contributed by atoms with Gasteiger partial charge in [0.2, 0.25) is 0 Å². The second-order valence-electron chi connectivity index (χ2n) is 6.75. The maximum atomic E-state index is 13.3. The number of hydrogen-bond acceptors (Lipinski definition) is 7. The van der Waals surface area contributed by atoms with Crippen molar-refractivity contribution in [2.24, 2.45) is 10.3 Å². The van der Waals surface area contributed by atoms with E-state index in [1.165, 1.54) is 6.07 Å². The molecule has 2 aromatic rings. The van der Waals surface area contributed by atoms with Gasteiger partial charge in [-0.05, 0) is 42.8 Å². The quantitative estimate of drug-likeness (QED) is 0.288. The van der Waals surface area contributed by atoms with Crippen molar-refractivity contribution in [1.29, 1.82) is 10.5 Å². The predicted octanol–water partition coefficient (Wildman–Crippen LogP) is 6.23. The number of benzene rings is 2. The standard InChI is InChI=1S/C21H14F6N6O3/c1-2-7-36-19(35)30-18(34)33(17-9-15(21(25,26)27)6-4-13(17)11-29)32-31-16-8-14(20(22,23)24)5-3-12(16)10-28/h3-6,8-9H,2,7H2,1H3,(H,30,34,35). The molecule has 1 N–H and O–H groups in total. The minimum absolute atomic E-state index is 0.0580. The van der Waals surface area contributed by atoms with Crippen LogP contribution in [0.25, 0.3) is 0 Å². The van der Waals surface area contributed by atoms with Gasteiger partial charge in [-0.2, -0.15) is 41.9 Å². The molecule has 0 spiro atoms. The maximum absolute atomic E-state index is 13.3. The molecule has 0 unspecified atom stereocenters. The Morgan fingerprint density at radius 3 is 2.06 bits per heavy atom. The molecular weight excluding hydrogens is 498 g/mol. The van der Waals surface area contributed by atoms with Crippen LogP contribution in [0, 0.1) is 22.7 Å². The Labute approximate surface area is 199 Å². The number of urea groups is 1. The summed E-state index contributed by atoms with van der Waals surface area (Å²) in [7, 11) is 0. The predicted molar refractivity (Wildman–Crippen MR) is 109 cm³/mol. The zero-order valence-corrected chi connectivity index (χ0v) is 18.1. The van der Waals surface area contributed by atoms with E-state index in [0.29, 0.717) is 36.8 Å². The van der Waals surface area contributed by atoms with Gasteiger partial charge in [0.05, 0.1) is 34.5 Å². The molecule has 0 saturated carbocycles. The summed E-state index contributed by atoms with van der Waals surface area (Å²) in [5, 5.41) is 27.0. The average Bonchev–Trinajstić information content (AvgIpc) is 2.81. The molecule has 0 aromatic heterocycles. The summed E-state index contributed by atoms with van der Waals surface area (Å²) in [4.78, 5) is 24.5. The highest BCUT2D eigenvalue weighted by atomic mass is 19.4. The molecule has 0 heterocycles. The minimum Gasteiger partial charge on any atom is -0.449 e. The van der Waals surface area contributed by atoms with E-state index in [0.717, 1.165) is 6.07 Å². The van der Waals surface area contributed by atoms with Crippen molar-refractivity contribution in [3.05, 3.63) is 58.7 Å². The second-order valence-corrected chi connectivity index (χ2v) is 6.75. The molecule has 36 heavy (non-hydrogen) atoms. The first-order valence-corrected chi connectivity index (χ1v) is 9.74. The van der Waals surface area contributed by atoms with Gasteiger partial charge >= 0.3 is 24.5 Å². The number of amides is 3. The van der Waals surface area contributed by atoms with E-state index in [4.69, 9.17) is 5.26 Å². The van der Waals surface area contributed by atoms with Gasteiger partial charge in [-0.15, -0.1) is 5.11 Å². The summed E-state index contributed by atoms with van der Waals surface area (Å²) >= 11 is 0. The van der Waals surface area contributed by atoms with Gasteiger partial charge in [0.25, 0.3) is 0 Å². The van der Waals surface area contributed by atoms with Gasteiger partial charge in [0, 0.05) is 0 Å². The molecule has 0 saturated heterocycles. The lowest BCUT2D eigenvalue weighted by molar-refractivity contribution is -0.138. The zero-order chi connectivity index (χ0) is 27.1. The van der Waals surface area contributed by atoms with E-state index < -0.39 is 58.1 Å². The van der Waals surface area contributed by atoms with Gasteiger partial charge in [-0.25, -0.2) is 14.9 Å². The third-order valence-electron chi connectivity index (χ3n) is 4.20. The molecule has 0 atom stereocenters. The van der Waals surface area contributed by atoms with Crippen LogP contribution in [0.1, 0.15) is 35.6 Å². The molecule has 3 amide bonds. The molecule has 0 aliphatic rings. The van der Waals surface area contributed by atoms with Crippen molar-refractivity contribution in [2.75, 3.05) is 11.6 Å². The Morgan fingerprint density at radius 2 is 1.53 bits per heavy atom. The van der Waals surface area contributed by atoms with E-state index in [2.05, 4.69) is 15.1 Å². The number of ether oxygens (including phenoxy) is 1. The van der Waals surface area contributed by atoms with E-state index in [1.54, 1.807) is 18.3 Å². The number of anilines is 1. The highest BCUT2D eigenvalue weighted by molar-refractivity contribution is 6.01. The topological polar surface area (TPSA) is 131 Å². The largest absolute Gasteiger partial charge is 0.449 e. The van der Waals surface area contributed by atoms with E-state index in [1.807, 2.05) is 0 Å². The van der Waals surface area contributed by atoms with Crippen molar-refractivity contribution in [1.82, 2.24) is 5.32 Å². The van der Waals surface area contributed by atoms with E-state index in [9.17, 15) is 41.2 Å². The van der Waals surface area contributed by atoms with Crippen molar-refractivity contribution >= 4 is 23.5 Å². The van der Waals surface area contributed by atoms with Crippen molar-refractivity contribution in [3.8, 4) is 12.1 Å². The van der Waals surface area contributed by atoms with Crippen LogP contribution in [0.4, 0.5) is 47.3 Å². The van der Waals surface area contributed by atoms with Gasteiger partial charge < -0.3 is 4.74 Å². The normalized spacial score (nSPS) is 11.5. The lowest BCUT2D eigenvalue weighted by Crippen LogP contribution is -2.41. The monoisotopic (exact) mass is 512 g/mol. The fourth-order valence-electron chi connectivity index (χ4n) is 2.53. The number of nitrogens with zero attached hydrogens (tertiary/aromatic N) is 5. The van der Waals surface area contributed by atoms with Crippen LogP contribution in [0.2, 0.25) is 0 Å². The summed E-state index contributed by atoms with van der Waals surface area (Å²) in [6, 6.07) is 4.96. The van der Waals surface area contributed by atoms with Crippen LogP contribution in [-0.4, -0.2) is 18.7 Å². The molecule has 0 fully saturated rings. The van der Waals surface area contributed by atoms with Gasteiger partial charge in [0.15, 0.2) is 0 Å². The fourth-order valence-corrected chi connectivity index (χ4v) is 2.53. The Balaban J connectivity index is 2.64. The first kappa shape index (κ1) is 27.6. The van der Waals surface area contributed by atoms with Gasteiger partial charge in [-0.1, -0.05) is 12.1 Å². The Hall–Kier alpha value is -4.66. The SMILES string of the molecule is CCCOC(=O)NC(=O)N(N=Nc1cc(C(F)(F)F)ccc1C#N)c1cc(C(F)(F)F)ccc1C#N. The molecule has 0 aliphatic heterocycles. The molecule has 0 aliphatic carbocycles. The highest BCUT2D eigenvalue weighted by Gasteiger charge is 2.33. The minimum atomic E-state index is -4.92. The number of nitrogens with one attached hydrogen (secondary N) is 1. The summed E-state index contributed by atoms with van der Waals surface area (Å²) in [6.45, 7) is 1.52. The molecule has 2 aromatic carbocycles. The molecule has 9 nitrogen and oxygen atoms in total. The Kier molecular flexibility index (Phi) is 8.56. The fraction of sp³-hybridized carbons (Fsp3) is 0.238. The molecule has 0 radical (unpaired) electrons. The third kappa shape index (κ3) is 6.92. The second kappa shape index (κ2) is 11.2. The van der Waals surface area contributed by atoms with E-state index in [-0.39, 0.29) is 11.6 Å². The Bertz CT molecular complexity index is 1260. The summed E-state index contributed by atoms with van der Waals surface area (Å²) < 4.78 is 83.6. The van der Waals surface area contributed by atoms with Crippen molar-refractivity contribution < 1.29 is 40.7 Å². The lowest BCUT2D eigenvalue weighted by atomic mass is 10.1. The maximum Gasteiger partial charge on any atom is 0.416 e. The molecular formula is C21H14F6N6O3. The number of halogens is 6. The Morgan fingerprint density at radius 1 is 0.972 bits per heavy atom. The summed E-state index contributed by atoms with van der Waals surface area (Å²) in [5.41, 5.74) is -4.98. The third-order valence-corrected chi connectivity index (χ3v) is 4.20. The first-order valence-electron chi connectivity index (χ1n) is 9.74. The van der Waals surface area contributed by atoms with Crippen LogP contribution in [0.3, 0.4) is 0 Å².